The van der Waals surface area contributed by atoms with E-state index < -0.39 is 0 Å². The average molecular weight is 244 g/mol. The maximum Gasteiger partial charge on any atom is 0.133 e. The van der Waals surface area contributed by atoms with Crippen LogP contribution >= 0.6 is 15.9 Å². The molecule has 0 aromatic carbocycles. The van der Waals surface area contributed by atoms with Gasteiger partial charge in [0.2, 0.25) is 0 Å². The van der Waals surface area contributed by atoms with Crippen molar-refractivity contribution < 1.29 is 0 Å². The molecule has 1 saturated carbocycles. The molecule has 1 fully saturated rings. The van der Waals surface area contributed by atoms with Crippen LogP contribution in [0.2, 0.25) is 0 Å². The Bertz CT molecular complexity index is 313. The number of hydrogen-bond donors (Lipinski definition) is 1. The van der Waals surface area contributed by atoms with Gasteiger partial charge in [0.05, 0.1) is 6.04 Å². The van der Waals surface area contributed by atoms with E-state index >= 15 is 0 Å². The van der Waals surface area contributed by atoms with Crippen molar-refractivity contribution in [2.24, 2.45) is 0 Å². The minimum Gasteiger partial charge on any atom is -0.384 e. The fraction of sp³-hybridized carbons (Fsp3) is 0.667. The fourth-order valence-electron chi connectivity index (χ4n) is 1.93. The Morgan fingerprint density at radius 1 is 1.46 bits per heavy atom. The van der Waals surface area contributed by atoms with Crippen molar-refractivity contribution in [3.63, 3.8) is 0 Å². The number of halogens is 1. The molecule has 0 bridgehead atoms. The Morgan fingerprint density at radius 2 is 2.08 bits per heavy atom. The highest BCUT2D eigenvalue weighted by molar-refractivity contribution is 9.10. The van der Waals surface area contributed by atoms with Gasteiger partial charge in [-0.25, -0.2) is 4.68 Å². The van der Waals surface area contributed by atoms with Crippen molar-refractivity contribution in [3.8, 4) is 0 Å². The summed E-state index contributed by atoms with van der Waals surface area (Å²) in [6.07, 6.45) is 5.05. The third-order valence-corrected chi connectivity index (χ3v) is 3.56. The minimum atomic E-state index is 0.532. The molecule has 1 aromatic heterocycles. The van der Waals surface area contributed by atoms with Crippen molar-refractivity contribution in [1.82, 2.24) is 9.78 Å². The molecule has 0 saturated heterocycles. The molecule has 1 heterocycles. The number of nitrogens with two attached hydrogens (primary N) is 1. The molecule has 4 heteroatoms. The van der Waals surface area contributed by atoms with Gasteiger partial charge in [0.15, 0.2) is 0 Å². The molecule has 3 nitrogen and oxygen atoms in total. The molecule has 13 heavy (non-hydrogen) atoms. The van der Waals surface area contributed by atoms with Crippen LogP contribution in [0.1, 0.15) is 37.3 Å². The van der Waals surface area contributed by atoms with Gasteiger partial charge in [0, 0.05) is 5.56 Å². The smallest absolute Gasteiger partial charge is 0.133 e. The van der Waals surface area contributed by atoms with Gasteiger partial charge in [-0.2, -0.15) is 5.10 Å². The van der Waals surface area contributed by atoms with E-state index in [1.54, 1.807) is 0 Å². The van der Waals surface area contributed by atoms with Gasteiger partial charge < -0.3 is 5.73 Å². The van der Waals surface area contributed by atoms with Crippen LogP contribution in [-0.4, -0.2) is 9.78 Å². The molecule has 0 unspecified atom stereocenters. The number of nitrogen functional groups attached to an aromatic ring is 1. The summed E-state index contributed by atoms with van der Waals surface area (Å²) in [5, 5.41) is 4.40. The third kappa shape index (κ3) is 1.47. The van der Waals surface area contributed by atoms with Crippen molar-refractivity contribution >= 4 is 21.7 Å². The van der Waals surface area contributed by atoms with Gasteiger partial charge in [-0.15, -0.1) is 0 Å². The van der Waals surface area contributed by atoms with Crippen molar-refractivity contribution in [1.29, 1.82) is 0 Å². The topological polar surface area (TPSA) is 43.8 Å². The Morgan fingerprint density at radius 3 is 2.54 bits per heavy atom. The van der Waals surface area contributed by atoms with E-state index in [1.165, 1.54) is 25.7 Å². The first kappa shape index (κ1) is 9.06. The predicted octanol–water partition coefficient (Wildman–Crippen LogP) is 2.65. The quantitative estimate of drug-likeness (QED) is 0.825. The summed E-state index contributed by atoms with van der Waals surface area (Å²) in [7, 11) is 0. The fourth-order valence-corrected chi connectivity index (χ4v) is 2.30. The molecule has 0 aliphatic heterocycles. The molecule has 0 amide bonds. The number of aromatic nitrogens is 2. The summed E-state index contributed by atoms with van der Waals surface area (Å²) in [5.74, 6) is 0.818. The third-order valence-electron chi connectivity index (χ3n) is 2.81. The van der Waals surface area contributed by atoms with E-state index in [1.807, 2.05) is 11.6 Å². The van der Waals surface area contributed by atoms with E-state index in [0.29, 0.717) is 6.04 Å². The molecule has 72 valence electrons. The number of hydrogen-bond acceptors (Lipinski definition) is 2. The summed E-state index contributed by atoms with van der Waals surface area (Å²) < 4.78 is 2.86. The second kappa shape index (κ2) is 3.33. The first-order valence-electron chi connectivity index (χ1n) is 4.70. The summed E-state index contributed by atoms with van der Waals surface area (Å²) in [5.41, 5.74) is 7.02. The molecular weight excluding hydrogens is 230 g/mol. The van der Waals surface area contributed by atoms with Crippen LogP contribution in [0.3, 0.4) is 0 Å². The van der Waals surface area contributed by atoms with Crippen molar-refractivity contribution in [3.05, 3.63) is 10.2 Å². The van der Waals surface area contributed by atoms with Crippen LogP contribution in [0.5, 0.6) is 0 Å². The summed E-state index contributed by atoms with van der Waals surface area (Å²) in [4.78, 5) is 0. The Kier molecular flexibility index (Phi) is 2.32. The van der Waals surface area contributed by atoms with Crippen LogP contribution in [0.15, 0.2) is 4.60 Å². The number of rotatable bonds is 1. The maximum absolute atomic E-state index is 5.95. The minimum absolute atomic E-state index is 0.532. The lowest BCUT2D eigenvalue weighted by molar-refractivity contribution is 0.471. The molecule has 0 atom stereocenters. The average Bonchev–Trinajstić information content (AvgIpc) is 2.70. The Hall–Kier alpha value is -0.510. The lowest BCUT2D eigenvalue weighted by atomic mass is 10.2. The molecule has 2 rings (SSSR count). The molecule has 0 spiro atoms. The predicted molar refractivity (Wildman–Crippen MR) is 56.6 cm³/mol. The molecule has 1 aliphatic rings. The highest BCUT2D eigenvalue weighted by Crippen LogP contribution is 2.33. The summed E-state index contributed by atoms with van der Waals surface area (Å²) >= 11 is 3.40. The number of nitrogens with zero attached hydrogens (tertiary/aromatic N) is 2. The Labute approximate surface area is 86.4 Å². The summed E-state index contributed by atoms with van der Waals surface area (Å²) in [6.45, 7) is 2.00. The SMILES string of the molecule is Cc1c(Br)nn(C2CCCC2)c1N. The van der Waals surface area contributed by atoms with Crippen LogP contribution in [0.4, 0.5) is 5.82 Å². The second-order valence-corrected chi connectivity index (χ2v) is 4.44. The highest BCUT2D eigenvalue weighted by Gasteiger charge is 2.21. The molecule has 1 aliphatic carbocycles. The van der Waals surface area contributed by atoms with E-state index in [0.717, 1.165) is 16.0 Å². The van der Waals surface area contributed by atoms with E-state index in [2.05, 4.69) is 21.0 Å². The van der Waals surface area contributed by atoms with Crippen LogP contribution in [0.25, 0.3) is 0 Å². The largest absolute Gasteiger partial charge is 0.384 e. The van der Waals surface area contributed by atoms with Crippen LogP contribution in [0, 0.1) is 6.92 Å². The van der Waals surface area contributed by atoms with Crippen LogP contribution < -0.4 is 5.73 Å². The van der Waals surface area contributed by atoms with Gasteiger partial charge in [0.1, 0.15) is 10.4 Å². The zero-order chi connectivity index (χ0) is 9.42. The molecule has 0 radical (unpaired) electrons. The van der Waals surface area contributed by atoms with Gasteiger partial charge in [-0.05, 0) is 35.7 Å². The maximum atomic E-state index is 5.95. The first-order valence-corrected chi connectivity index (χ1v) is 5.49. The zero-order valence-corrected chi connectivity index (χ0v) is 9.34. The number of anilines is 1. The first-order chi connectivity index (χ1) is 6.20. The molecular formula is C9H14BrN3. The van der Waals surface area contributed by atoms with Crippen LogP contribution in [-0.2, 0) is 0 Å². The monoisotopic (exact) mass is 243 g/mol. The Balaban J connectivity index is 2.34. The van der Waals surface area contributed by atoms with E-state index in [9.17, 15) is 0 Å². The van der Waals surface area contributed by atoms with Crippen molar-refractivity contribution in [2.45, 2.75) is 38.6 Å². The zero-order valence-electron chi connectivity index (χ0n) is 7.76. The lowest BCUT2D eigenvalue weighted by Gasteiger charge is -2.11. The normalized spacial score (nSPS) is 18.3. The molecule has 2 N–H and O–H groups in total. The highest BCUT2D eigenvalue weighted by atomic mass is 79.9. The van der Waals surface area contributed by atoms with Gasteiger partial charge >= 0.3 is 0 Å². The van der Waals surface area contributed by atoms with Crippen molar-refractivity contribution in [2.75, 3.05) is 5.73 Å². The van der Waals surface area contributed by atoms with Gasteiger partial charge in [-0.1, -0.05) is 12.8 Å². The standard InChI is InChI=1S/C9H14BrN3/c1-6-8(10)12-13(9(6)11)7-4-2-3-5-7/h7H,2-5,11H2,1H3. The second-order valence-electron chi connectivity index (χ2n) is 3.68. The van der Waals surface area contributed by atoms with Gasteiger partial charge in [-0.3, -0.25) is 0 Å². The molecule has 1 aromatic rings. The lowest BCUT2D eigenvalue weighted by Crippen LogP contribution is -2.10. The summed E-state index contributed by atoms with van der Waals surface area (Å²) in [6, 6.07) is 0.532. The van der Waals surface area contributed by atoms with E-state index in [4.69, 9.17) is 5.73 Å². The van der Waals surface area contributed by atoms with Gasteiger partial charge in [0.25, 0.3) is 0 Å². The van der Waals surface area contributed by atoms with E-state index in [-0.39, 0.29) is 0 Å².